The van der Waals surface area contributed by atoms with Gasteiger partial charge >= 0.3 is 0 Å². The van der Waals surface area contributed by atoms with Crippen molar-refractivity contribution in [3.05, 3.63) is 54.1 Å². The molecule has 120 valence electrons. The van der Waals surface area contributed by atoms with Gasteiger partial charge < -0.3 is 4.90 Å². The Morgan fingerprint density at radius 2 is 1.61 bits per heavy atom. The fourth-order valence-electron chi connectivity index (χ4n) is 1.92. The third-order valence-electron chi connectivity index (χ3n) is 3.33. The zero-order chi connectivity index (χ0) is 16.8. The summed E-state index contributed by atoms with van der Waals surface area (Å²) in [5, 5.41) is 9.55. The van der Waals surface area contributed by atoms with Crippen molar-refractivity contribution in [2.24, 2.45) is 10.2 Å². The second kappa shape index (κ2) is 7.51. The molecule has 0 bridgehead atoms. The van der Waals surface area contributed by atoms with Crippen molar-refractivity contribution in [1.82, 2.24) is 5.06 Å². The molecule has 1 amide bonds. The molecule has 0 aliphatic carbocycles. The summed E-state index contributed by atoms with van der Waals surface area (Å²) in [6.45, 7) is 0. The summed E-state index contributed by atoms with van der Waals surface area (Å²) in [4.78, 5) is 19.2. The lowest BCUT2D eigenvalue weighted by atomic mass is 10.1. The molecule has 0 N–H and O–H groups in total. The van der Waals surface area contributed by atoms with Gasteiger partial charge in [0.05, 0.1) is 24.0 Å². The first kappa shape index (κ1) is 16.6. The van der Waals surface area contributed by atoms with Crippen molar-refractivity contribution >= 4 is 23.0 Å². The summed E-state index contributed by atoms with van der Waals surface area (Å²) >= 11 is 0. The summed E-state index contributed by atoms with van der Waals surface area (Å²) in [5.41, 5.74) is 2.74. The van der Waals surface area contributed by atoms with Crippen LogP contribution in [0.25, 0.3) is 0 Å². The van der Waals surface area contributed by atoms with Crippen LogP contribution in [0.15, 0.2) is 58.8 Å². The maximum atomic E-state index is 12.2. The second-order valence-electron chi connectivity index (χ2n) is 5.11. The van der Waals surface area contributed by atoms with Gasteiger partial charge in [0.25, 0.3) is 5.91 Å². The second-order valence-corrected chi connectivity index (χ2v) is 5.11. The smallest absolute Gasteiger partial charge is 0.279 e. The highest BCUT2D eigenvalue weighted by atomic mass is 16.7. The lowest BCUT2D eigenvalue weighted by Crippen LogP contribution is -2.25. The first-order chi connectivity index (χ1) is 11.0. The standard InChI is InChI=1S/C17H20N4O2/c1-20(2)14-11-9-13(10-12-14)18-19-16-8-6-5-7-15(16)17(22)21(3)23-4/h5-12H,1-4H3. The molecule has 0 fully saturated rings. The van der Waals surface area contributed by atoms with Gasteiger partial charge in [-0.1, -0.05) is 12.1 Å². The Bertz CT molecular complexity index is 696. The predicted octanol–water partition coefficient (Wildman–Crippen LogP) is 3.80. The number of carbonyl (C=O) groups excluding carboxylic acids is 1. The van der Waals surface area contributed by atoms with Crippen LogP contribution in [0.2, 0.25) is 0 Å². The molecule has 0 spiro atoms. The molecule has 0 unspecified atom stereocenters. The minimum atomic E-state index is -0.273. The van der Waals surface area contributed by atoms with Gasteiger partial charge in [0.2, 0.25) is 0 Å². The van der Waals surface area contributed by atoms with Gasteiger partial charge in [-0.25, -0.2) is 5.06 Å². The third-order valence-corrected chi connectivity index (χ3v) is 3.33. The molecule has 0 radical (unpaired) electrons. The average molecular weight is 312 g/mol. The van der Waals surface area contributed by atoms with Crippen molar-refractivity contribution in [2.75, 3.05) is 33.2 Å². The molecule has 0 aliphatic rings. The normalized spacial score (nSPS) is 10.8. The van der Waals surface area contributed by atoms with Crippen LogP contribution in [-0.2, 0) is 4.84 Å². The van der Waals surface area contributed by atoms with Gasteiger partial charge in [-0.3, -0.25) is 9.63 Å². The highest BCUT2D eigenvalue weighted by molar-refractivity contribution is 5.98. The molecule has 6 heteroatoms. The van der Waals surface area contributed by atoms with Gasteiger partial charge in [0.15, 0.2) is 0 Å². The summed E-state index contributed by atoms with van der Waals surface area (Å²) < 4.78 is 0. The van der Waals surface area contributed by atoms with E-state index < -0.39 is 0 Å². The molecule has 0 aromatic heterocycles. The highest BCUT2D eigenvalue weighted by Gasteiger charge is 2.15. The average Bonchev–Trinajstić information content (AvgIpc) is 2.59. The Morgan fingerprint density at radius 1 is 0.957 bits per heavy atom. The van der Waals surface area contributed by atoms with E-state index >= 15 is 0 Å². The van der Waals surface area contributed by atoms with Crippen LogP contribution in [0.5, 0.6) is 0 Å². The topological polar surface area (TPSA) is 57.5 Å². The molecule has 2 aromatic rings. The zero-order valence-electron chi connectivity index (χ0n) is 13.7. The van der Waals surface area contributed by atoms with Crippen LogP contribution in [-0.4, -0.2) is 39.2 Å². The Hall–Kier alpha value is -2.73. The van der Waals surface area contributed by atoms with Gasteiger partial charge in [-0.05, 0) is 36.4 Å². The third kappa shape index (κ3) is 4.14. The van der Waals surface area contributed by atoms with E-state index in [2.05, 4.69) is 10.2 Å². The van der Waals surface area contributed by atoms with Crippen molar-refractivity contribution < 1.29 is 9.63 Å². The Balaban J connectivity index is 2.24. The quantitative estimate of drug-likeness (QED) is 0.623. The van der Waals surface area contributed by atoms with Gasteiger partial charge in [-0.15, -0.1) is 5.11 Å². The minimum absolute atomic E-state index is 0.273. The van der Waals surface area contributed by atoms with Crippen LogP contribution in [0.3, 0.4) is 0 Å². The first-order valence-corrected chi connectivity index (χ1v) is 7.13. The number of azo groups is 1. The van der Waals surface area contributed by atoms with Crippen molar-refractivity contribution in [3.8, 4) is 0 Å². The van der Waals surface area contributed by atoms with Crippen LogP contribution in [0.1, 0.15) is 10.4 Å². The maximum Gasteiger partial charge on any atom is 0.279 e. The Morgan fingerprint density at radius 3 is 2.22 bits per heavy atom. The van der Waals surface area contributed by atoms with Crippen molar-refractivity contribution in [1.29, 1.82) is 0 Å². The lowest BCUT2D eigenvalue weighted by molar-refractivity contribution is -0.0756. The Kier molecular flexibility index (Phi) is 5.43. The molecular weight excluding hydrogens is 292 g/mol. The molecule has 0 heterocycles. The summed E-state index contributed by atoms with van der Waals surface area (Å²) in [5.74, 6) is -0.273. The molecule has 2 rings (SSSR count). The number of rotatable bonds is 5. The van der Waals surface area contributed by atoms with E-state index in [0.717, 1.165) is 16.4 Å². The van der Waals surface area contributed by atoms with E-state index in [1.54, 1.807) is 25.2 Å². The maximum absolute atomic E-state index is 12.2. The number of hydroxylamine groups is 2. The number of carbonyl (C=O) groups is 1. The molecule has 23 heavy (non-hydrogen) atoms. The summed E-state index contributed by atoms with van der Waals surface area (Å²) in [6, 6.07) is 14.7. The molecule has 0 aliphatic heterocycles. The van der Waals surface area contributed by atoms with E-state index in [-0.39, 0.29) is 5.91 Å². The summed E-state index contributed by atoms with van der Waals surface area (Å²) in [6.07, 6.45) is 0. The number of hydrogen-bond acceptors (Lipinski definition) is 5. The van der Waals surface area contributed by atoms with Gasteiger partial charge in [-0.2, -0.15) is 5.11 Å². The van der Waals surface area contributed by atoms with Crippen LogP contribution in [0, 0.1) is 0 Å². The van der Waals surface area contributed by atoms with Gasteiger partial charge in [0.1, 0.15) is 0 Å². The van der Waals surface area contributed by atoms with E-state index in [4.69, 9.17) is 4.84 Å². The zero-order valence-corrected chi connectivity index (χ0v) is 13.7. The van der Waals surface area contributed by atoms with Crippen LogP contribution >= 0.6 is 0 Å². The molecule has 0 atom stereocenters. The van der Waals surface area contributed by atoms with Crippen LogP contribution in [0.4, 0.5) is 17.1 Å². The Labute approximate surface area is 136 Å². The molecule has 6 nitrogen and oxygen atoms in total. The molecule has 0 saturated carbocycles. The van der Waals surface area contributed by atoms with Crippen molar-refractivity contribution in [2.45, 2.75) is 0 Å². The number of anilines is 1. The van der Waals surface area contributed by atoms with Gasteiger partial charge in [0, 0.05) is 26.8 Å². The monoisotopic (exact) mass is 312 g/mol. The van der Waals surface area contributed by atoms with E-state index in [1.165, 1.54) is 7.11 Å². The number of benzene rings is 2. The van der Waals surface area contributed by atoms with E-state index in [1.807, 2.05) is 49.3 Å². The highest BCUT2D eigenvalue weighted by Crippen LogP contribution is 2.24. The predicted molar refractivity (Wildman–Crippen MR) is 90.5 cm³/mol. The fourth-order valence-corrected chi connectivity index (χ4v) is 1.92. The number of amides is 1. The lowest BCUT2D eigenvalue weighted by Gasteiger charge is -2.14. The largest absolute Gasteiger partial charge is 0.378 e. The molecule has 2 aromatic carbocycles. The minimum Gasteiger partial charge on any atom is -0.378 e. The van der Waals surface area contributed by atoms with Crippen LogP contribution < -0.4 is 4.90 Å². The first-order valence-electron chi connectivity index (χ1n) is 7.13. The number of nitrogens with zero attached hydrogens (tertiary/aromatic N) is 4. The summed E-state index contributed by atoms with van der Waals surface area (Å²) in [7, 11) is 6.94. The molecular formula is C17H20N4O2. The molecule has 0 saturated heterocycles. The fraction of sp³-hybridized carbons (Fsp3) is 0.235. The van der Waals surface area contributed by atoms with E-state index in [0.29, 0.717) is 11.3 Å². The number of hydrogen-bond donors (Lipinski definition) is 0. The van der Waals surface area contributed by atoms with E-state index in [9.17, 15) is 4.79 Å². The van der Waals surface area contributed by atoms with Crippen molar-refractivity contribution in [3.63, 3.8) is 0 Å². The SMILES string of the molecule is CON(C)C(=O)c1ccccc1N=Nc1ccc(N(C)C)cc1.